The predicted molar refractivity (Wildman–Crippen MR) is 75.4 cm³/mol. The van der Waals surface area contributed by atoms with Gasteiger partial charge in [0.25, 0.3) is 0 Å². The molecule has 3 nitrogen and oxygen atoms in total. The molecular weight excluding hydrogens is 286 g/mol. The zero-order valence-electron chi connectivity index (χ0n) is 11.3. The molecule has 0 heterocycles. The molecule has 0 saturated heterocycles. The van der Waals surface area contributed by atoms with Crippen LogP contribution in [0.15, 0.2) is 18.2 Å². The molecule has 1 aromatic rings. The average Bonchev–Trinajstić information content (AvgIpc) is 2.79. The van der Waals surface area contributed by atoms with Gasteiger partial charge in [-0.1, -0.05) is 12.5 Å². The fourth-order valence-electron chi connectivity index (χ4n) is 2.57. The summed E-state index contributed by atoms with van der Waals surface area (Å²) in [5.41, 5.74) is 6.47. The lowest BCUT2D eigenvalue weighted by Crippen LogP contribution is -2.39. The Bertz CT molecular complexity index is 484. The van der Waals surface area contributed by atoms with E-state index in [9.17, 15) is 13.6 Å². The number of carbonyl (C=O) groups is 1. The van der Waals surface area contributed by atoms with Gasteiger partial charge in [-0.25, -0.2) is 8.78 Å². The molecular formula is C14H19ClF2N2O. The van der Waals surface area contributed by atoms with Crippen molar-refractivity contribution >= 4 is 18.3 Å². The monoisotopic (exact) mass is 304 g/mol. The lowest BCUT2D eigenvalue weighted by Gasteiger charge is -2.23. The normalized spacial score (nSPS) is 21.4. The highest BCUT2D eigenvalue weighted by molar-refractivity contribution is 5.85. The zero-order valence-corrected chi connectivity index (χ0v) is 12.1. The first kappa shape index (κ1) is 16.9. The van der Waals surface area contributed by atoms with Crippen LogP contribution < -0.4 is 5.73 Å². The highest BCUT2D eigenvalue weighted by Gasteiger charge is 2.32. The number of hydrogen-bond acceptors (Lipinski definition) is 2. The molecule has 1 saturated carbocycles. The molecule has 0 spiro atoms. The van der Waals surface area contributed by atoms with E-state index in [0.717, 1.165) is 31.4 Å². The smallest absolute Gasteiger partial charge is 0.227 e. The van der Waals surface area contributed by atoms with Crippen LogP contribution in [-0.2, 0) is 11.3 Å². The summed E-state index contributed by atoms with van der Waals surface area (Å²) in [6.07, 6.45) is 2.65. The Morgan fingerprint density at radius 1 is 1.35 bits per heavy atom. The fourth-order valence-corrected chi connectivity index (χ4v) is 2.57. The van der Waals surface area contributed by atoms with Crippen LogP contribution in [0.5, 0.6) is 0 Å². The zero-order chi connectivity index (χ0) is 14.0. The van der Waals surface area contributed by atoms with E-state index < -0.39 is 11.6 Å². The van der Waals surface area contributed by atoms with E-state index in [1.807, 2.05) is 0 Å². The lowest BCUT2D eigenvalue weighted by molar-refractivity contribution is -0.134. The largest absolute Gasteiger partial charge is 0.341 e. The van der Waals surface area contributed by atoms with Crippen molar-refractivity contribution in [1.82, 2.24) is 4.90 Å². The summed E-state index contributed by atoms with van der Waals surface area (Å²) < 4.78 is 25.9. The molecule has 0 radical (unpaired) electrons. The van der Waals surface area contributed by atoms with E-state index in [4.69, 9.17) is 5.73 Å². The van der Waals surface area contributed by atoms with E-state index >= 15 is 0 Å². The number of rotatable bonds is 3. The van der Waals surface area contributed by atoms with Crippen molar-refractivity contribution in [3.8, 4) is 0 Å². The highest BCUT2D eigenvalue weighted by Crippen LogP contribution is 2.26. The van der Waals surface area contributed by atoms with Gasteiger partial charge in [0.1, 0.15) is 0 Å². The van der Waals surface area contributed by atoms with Crippen molar-refractivity contribution in [3.63, 3.8) is 0 Å². The fraction of sp³-hybridized carbons (Fsp3) is 0.500. The van der Waals surface area contributed by atoms with Crippen molar-refractivity contribution in [1.29, 1.82) is 0 Å². The summed E-state index contributed by atoms with van der Waals surface area (Å²) in [6, 6.07) is 3.59. The molecule has 20 heavy (non-hydrogen) atoms. The van der Waals surface area contributed by atoms with Crippen molar-refractivity contribution < 1.29 is 13.6 Å². The highest BCUT2D eigenvalue weighted by atomic mass is 35.5. The molecule has 0 aliphatic heterocycles. The van der Waals surface area contributed by atoms with Crippen LogP contribution in [-0.4, -0.2) is 23.9 Å². The minimum absolute atomic E-state index is 0. The van der Waals surface area contributed by atoms with Gasteiger partial charge < -0.3 is 10.6 Å². The van der Waals surface area contributed by atoms with E-state index in [2.05, 4.69) is 0 Å². The van der Waals surface area contributed by atoms with Gasteiger partial charge in [-0.2, -0.15) is 0 Å². The number of carbonyl (C=O) groups excluding carboxylic acids is 1. The summed E-state index contributed by atoms with van der Waals surface area (Å²) in [5, 5.41) is 0. The number of nitrogens with zero attached hydrogens (tertiary/aromatic N) is 1. The third kappa shape index (κ3) is 3.67. The Morgan fingerprint density at radius 2 is 2.05 bits per heavy atom. The van der Waals surface area contributed by atoms with Gasteiger partial charge in [0, 0.05) is 19.6 Å². The van der Waals surface area contributed by atoms with Crippen LogP contribution in [0, 0.1) is 17.6 Å². The Morgan fingerprint density at radius 3 is 2.60 bits per heavy atom. The van der Waals surface area contributed by atoms with Gasteiger partial charge in [0.15, 0.2) is 11.6 Å². The Labute approximate surface area is 123 Å². The third-order valence-corrected chi connectivity index (χ3v) is 3.67. The number of benzene rings is 1. The summed E-state index contributed by atoms with van der Waals surface area (Å²) in [5.74, 6) is -1.93. The molecule has 0 aromatic heterocycles. The van der Waals surface area contributed by atoms with E-state index in [0.29, 0.717) is 5.56 Å². The molecule has 2 rings (SSSR count). The van der Waals surface area contributed by atoms with Gasteiger partial charge in [0.2, 0.25) is 5.91 Å². The number of hydrogen-bond donors (Lipinski definition) is 1. The molecule has 1 aliphatic carbocycles. The second kappa shape index (κ2) is 6.99. The van der Waals surface area contributed by atoms with Crippen molar-refractivity contribution in [2.75, 3.05) is 7.05 Å². The average molecular weight is 305 g/mol. The molecule has 1 aliphatic rings. The van der Waals surface area contributed by atoms with Crippen molar-refractivity contribution in [3.05, 3.63) is 35.4 Å². The van der Waals surface area contributed by atoms with Crippen LogP contribution in [0.25, 0.3) is 0 Å². The van der Waals surface area contributed by atoms with Gasteiger partial charge >= 0.3 is 0 Å². The minimum atomic E-state index is -0.893. The molecule has 1 fully saturated rings. The maximum absolute atomic E-state index is 13.1. The van der Waals surface area contributed by atoms with E-state index in [1.165, 1.54) is 11.0 Å². The Balaban J connectivity index is 0.00000200. The van der Waals surface area contributed by atoms with E-state index in [-0.39, 0.29) is 36.8 Å². The second-order valence-electron chi connectivity index (χ2n) is 5.14. The topological polar surface area (TPSA) is 46.3 Å². The van der Waals surface area contributed by atoms with E-state index in [1.54, 1.807) is 7.05 Å². The van der Waals surface area contributed by atoms with Crippen LogP contribution in [0.3, 0.4) is 0 Å². The number of halogens is 3. The molecule has 6 heteroatoms. The minimum Gasteiger partial charge on any atom is -0.341 e. The van der Waals surface area contributed by atoms with Gasteiger partial charge in [0.05, 0.1) is 5.92 Å². The number of nitrogens with two attached hydrogens (primary N) is 1. The first-order valence-corrected chi connectivity index (χ1v) is 6.43. The third-order valence-electron chi connectivity index (χ3n) is 3.67. The van der Waals surface area contributed by atoms with Crippen LogP contribution in [0.4, 0.5) is 8.78 Å². The molecule has 0 bridgehead atoms. The molecule has 112 valence electrons. The second-order valence-corrected chi connectivity index (χ2v) is 5.14. The molecule has 2 atom stereocenters. The molecule has 2 unspecified atom stereocenters. The summed E-state index contributed by atoms with van der Waals surface area (Å²) in [7, 11) is 1.66. The molecule has 2 N–H and O–H groups in total. The summed E-state index contributed by atoms with van der Waals surface area (Å²) in [4.78, 5) is 13.7. The van der Waals surface area contributed by atoms with Crippen molar-refractivity contribution in [2.45, 2.75) is 31.8 Å². The maximum Gasteiger partial charge on any atom is 0.227 e. The number of amides is 1. The van der Waals surface area contributed by atoms with Crippen molar-refractivity contribution in [2.24, 2.45) is 11.7 Å². The molecule has 1 aromatic carbocycles. The molecule has 1 amide bonds. The predicted octanol–water partition coefficient (Wildman–Crippen LogP) is 2.47. The van der Waals surface area contributed by atoms with Crippen LogP contribution >= 0.6 is 12.4 Å². The van der Waals surface area contributed by atoms with Crippen LogP contribution in [0.1, 0.15) is 24.8 Å². The van der Waals surface area contributed by atoms with Crippen LogP contribution in [0.2, 0.25) is 0 Å². The first-order valence-electron chi connectivity index (χ1n) is 6.43. The first-order chi connectivity index (χ1) is 8.99. The quantitative estimate of drug-likeness (QED) is 0.932. The Kier molecular flexibility index (Phi) is 5.89. The van der Waals surface area contributed by atoms with Gasteiger partial charge in [-0.05, 0) is 30.5 Å². The Hall–Kier alpha value is -1.20. The summed E-state index contributed by atoms with van der Waals surface area (Å²) >= 11 is 0. The lowest BCUT2D eigenvalue weighted by atomic mass is 10.0. The van der Waals surface area contributed by atoms with Gasteiger partial charge in [-0.3, -0.25) is 4.79 Å². The standard InChI is InChI=1S/C14H18F2N2O.ClH/c1-18(14(19)10-3-2-4-13(10)17)8-9-5-6-11(15)12(16)7-9;/h5-7,10,13H,2-4,8,17H2,1H3;1H. The SMILES string of the molecule is CN(Cc1ccc(F)c(F)c1)C(=O)C1CCCC1N.Cl. The maximum atomic E-state index is 13.1. The summed E-state index contributed by atoms with van der Waals surface area (Å²) in [6.45, 7) is 0.263. The van der Waals surface area contributed by atoms with Gasteiger partial charge in [-0.15, -0.1) is 12.4 Å².